The molecule has 3 N–H and O–H groups in total. The van der Waals surface area contributed by atoms with E-state index in [0.717, 1.165) is 61.4 Å². The van der Waals surface area contributed by atoms with Crippen LogP contribution >= 0.6 is 0 Å². The van der Waals surface area contributed by atoms with Crippen LogP contribution in [0.1, 0.15) is 13.8 Å². The topological polar surface area (TPSA) is 95.4 Å². The number of rotatable bonds is 5. The van der Waals surface area contributed by atoms with E-state index < -0.39 is 0 Å². The number of pyridine rings is 2. The van der Waals surface area contributed by atoms with Gasteiger partial charge in [-0.1, -0.05) is 12.1 Å². The molecule has 7 nitrogen and oxygen atoms in total. The van der Waals surface area contributed by atoms with E-state index in [1.165, 1.54) is 0 Å². The Balaban J connectivity index is 1.45. The largest absolute Gasteiger partial charge is 0.472 e. The molecule has 0 atom stereocenters. The first-order chi connectivity index (χ1) is 16.2. The van der Waals surface area contributed by atoms with Crippen molar-refractivity contribution < 1.29 is 4.42 Å². The number of hydrogen-bond donors (Lipinski definition) is 3. The van der Waals surface area contributed by atoms with Crippen molar-refractivity contribution in [1.82, 2.24) is 25.1 Å². The van der Waals surface area contributed by atoms with E-state index in [1.54, 1.807) is 12.5 Å². The van der Waals surface area contributed by atoms with Gasteiger partial charge in [0.15, 0.2) is 0 Å². The number of H-pyrrole nitrogens is 2. The molecule has 1 aromatic carbocycles. The van der Waals surface area contributed by atoms with Crippen LogP contribution in [0.25, 0.3) is 55.7 Å². The molecular weight excluding hydrogens is 412 g/mol. The second kappa shape index (κ2) is 7.63. The molecule has 0 saturated carbocycles. The smallest absolute Gasteiger partial charge is 0.135 e. The first kappa shape index (κ1) is 19.3. The predicted octanol–water partition coefficient (Wildman–Crippen LogP) is 6.25. The van der Waals surface area contributed by atoms with E-state index in [2.05, 4.69) is 63.6 Å². The third-order valence-electron chi connectivity index (χ3n) is 5.65. The minimum atomic E-state index is 0.326. The van der Waals surface area contributed by atoms with Crippen molar-refractivity contribution in [2.24, 2.45) is 0 Å². The van der Waals surface area contributed by atoms with Crippen molar-refractivity contribution in [1.29, 1.82) is 0 Å². The first-order valence-corrected chi connectivity index (χ1v) is 10.9. The lowest BCUT2D eigenvalue weighted by molar-refractivity contribution is 0.568. The molecule has 0 radical (unpaired) electrons. The molecule has 6 rings (SSSR count). The highest BCUT2D eigenvalue weighted by Gasteiger charge is 2.16. The number of anilines is 1. The molecule has 0 aliphatic rings. The highest BCUT2D eigenvalue weighted by Crippen LogP contribution is 2.34. The molecule has 0 saturated heterocycles. The van der Waals surface area contributed by atoms with Gasteiger partial charge < -0.3 is 14.7 Å². The van der Waals surface area contributed by atoms with Crippen LogP contribution in [0.2, 0.25) is 0 Å². The van der Waals surface area contributed by atoms with Crippen LogP contribution in [0.3, 0.4) is 0 Å². The SMILES string of the molecule is CC(C)Nc1cncc(-c2ccc3[nH]nc(-c4cc5c(-c6ccoc6)cccc5[nH]4)c3n2)c1. The van der Waals surface area contributed by atoms with Crippen molar-refractivity contribution in [2.45, 2.75) is 19.9 Å². The average Bonchev–Trinajstić information content (AvgIpc) is 3.57. The lowest BCUT2D eigenvalue weighted by Gasteiger charge is -2.10. The monoisotopic (exact) mass is 434 g/mol. The average molecular weight is 435 g/mol. The summed E-state index contributed by atoms with van der Waals surface area (Å²) in [5.74, 6) is 0. The van der Waals surface area contributed by atoms with Gasteiger partial charge in [-0.05, 0) is 55.8 Å². The van der Waals surface area contributed by atoms with Crippen LogP contribution in [0, 0.1) is 0 Å². The Bertz CT molecular complexity index is 1580. The summed E-state index contributed by atoms with van der Waals surface area (Å²) >= 11 is 0. The van der Waals surface area contributed by atoms with Crippen LogP contribution in [0.5, 0.6) is 0 Å². The van der Waals surface area contributed by atoms with Crippen molar-refractivity contribution in [3.63, 3.8) is 0 Å². The summed E-state index contributed by atoms with van der Waals surface area (Å²) in [6, 6.07) is 16.7. The zero-order valence-electron chi connectivity index (χ0n) is 18.3. The number of furan rings is 1. The Morgan fingerprint density at radius 3 is 2.76 bits per heavy atom. The maximum Gasteiger partial charge on any atom is 0.135 e. The molecule has 33 heavy (non-hydrogen) atoms. The third kappa shape index (κ3) is 3.43. The summed E-state index contributed by atoms with van der Waals surface area (Å²) in [5, 5.41) is 12.2. The number of nitrogens with zero attached hydrogens (tertiary/aromatic N) is 3. The number of aromatic nitrogens is 5. The predicted molar refractivity (Wildman–Crippen MR) is 131 cm³/mol. The van der Waals surface area contributed by atoms with Crippen LogP contribution in [0.4, 0.5) is 5.69 Å². The number of hydrogen-bond acceptors (Lipinski definition) is 5. The highest BCUT2D eigenvalue weighted by atomic mass is 16.3. The maximum absolute atomic E-state index is 5.29. The van der Waals surface area contributed by atoms with Gasteiger partial charge in [-0.3, -0.25) is 10.1 Å². The molecule has 5 aromatic heterocycles. The van der Waals surface area contributed by atoms with Gasteiger partial charge in [0.05, 0.1) is 35.1 Å². The fourth-order valence-corrected chi connectivity index (χ4v) is 4.19. The van der Waals surface area contributed by atoms with E-state index in [4.69, 9.17) is 9.40 Å². The molecule has 7 heteroatoms. The van der Waals surface area contributed by atoms with Crippen molar-refractivity contribution >= 4 is 27.6 Å². The van der Waals surface area contributed by atoms with Crippen molar-refractivity contribution in [3.05, 3.63) is 73.5 Å². The first-order valence-electron chi connectivity index (χ1n) is 10.9. The second-order valence-corrected chi connectivity index (χ2v) is 8.39. The fourth-order valence-electron chi connectivity index (χ4n) is 4.19. The van der Waals surface area contributed by atoms with Gasteiger partial charge in [0.25, 0.3) is 0 Å². The Labute approximate surface area is 189 Å². The summed E-state index contributed by atoms with van der Waals surface area (Å²) in [7, 11) is 0. The number of benzene rings is 1. The lowest BCUT2D eigenvalue weighted by atomic mass is 10.0. The van der Waals surface area contributed by atoms with Crippen LogP contribution in [-0.2, 0) is 0 Å². The van der Waals surface area contributed by atoms with E-state index in [9.17, 15) is 0 Å². The second-order valence-electron chi connectivity index (χ2n) is 8.39. The molecule has 5 heterocycles. The van der Waals surface area contributed by atoms with E-state index in [1.807, 2.05) is 36.7 Å². The maximum atomic E-state index is 5.29. The summed E-state index contributed by atoms with van der Waals surface area (Å²) in [6.07, 6.45) is 7.11. The zero-order chi connectivity index (χ0) is 22.4. The third-order valence-corrected chi connectivity index (χ3v) is 5.65. The summed E-state index contributed by atoms with van der Waals surface area (Å²) in [4.78, 5) is 12.8. The Morgan fingerprint density at radius 2 is 1.91 bits per heavy atom. The van der Waals surface area contributed by atoms with Gasteiger partial charge in [0.2, 0.25) is 0 Å². The van der Waals surface area contributed by atoms with Crippen LogP contribution in [0.15, 0.2) is 77.9 Å². The van der Waals surface area contributed by atoms with Crippen LogP contribution in [-0.4, -0.2) is 31.2 Å². The minimum absolute atomic E-state index is 0.326. The molecular formula is C26H22N6O. The van der Waals surface area contributed by atoms with E-state index in [0.29, 0.717) is 6.04 Å². The highest BCUT2D eigenvalue weighted by molar-refractivity contribution is 6.00. The minimum Gasteiger partial charge on any atom is -0.472 e. The van der Waals surface area contributed by atoms with E-state index >= 15 is 0 Å². The van der Waals surface area contributed by atoms with Crippen molar-refractivity contribution in [2.75, 3.05) is 5.32 Å². The summed E-state index contributed by atoms with van der Waals surface area (Å²) < 4.78 is 5.29. The number of fused-ring (bicyclic) bond motifs is 2. The molecule has 0 spiro atoms. The Hall–Kier alpha value is -4.39. The van der Waals surface area contributed by atoms with Gasteiger partial charge in [0, 0.05) is 40.5 Å². The summed E-state index contributed by atoms with van der Waals surface area (Å²) in [5.41, 5.74) is 9.34. The molecule has 0 bridgehead atoms. The van der Waals surface area contributed by atoms with E-state index in [-0.39, 0.29) is 0 Å². The lowest BCUT2D eigenvalue weighted by Crippen LogP contribution is -2.09. The molecule has 0 fully saturated rings. The van der Waals surface area contributed by atoms with Gasteiger partial charge in [0.1, 0.15) is 11.2 Å². The quantitative estimate of drug-likeness (QED) is 0.298. The van der Waals surface area contributed by atoms with Gasteiger partial charge >= 0.3 is 0 Å². The molecule has 0 aliphatic carbocycles. The molecule has 0 unspecified atom stereocenters. The molecule has 6 aromatic rings. The Kier molecular flexibility index (Phi) is 4.47. The van der Waals surface area contributed by atoms with Crippen molar-refractivity contribution in [3.8, 4) is 33.8 Å². The Morgan fingerprint density at radius 1 is 0.970 bits per heavy atom. The number of nitrogens with one attached hydrogen (secondary N) is 3. The molecule has 0 aliphatic heterocycles. The standard InChI is InChI=1S/C26H22N6O/c1-15(2)28-18-10-17(12-27-13-18)21-6-7-23-25(30-21)26(32-31-23)24-11-20-19(16-8-9-33-14-16)4-3-5-22(20)29-24/h3-15,28-29H,1-2H3,(H,31,32). The summed E-state index contributed by atoms with van der Waals surface area (Å²) in [6.45, 7) is 4.21. The fraction of sp³-hybridized carbons (Fsp3) is 0.115. The van der Waals surface area contributed by atoms with Gasteiger partial charge in [-0.15, -0.1) is 0 Å². The molecule has 0 amide bonds. The van der Waals surface area contributed by atoms with Gasteiger partial charge in [-0.2, -0.15) is 5.10 Å². The molecule has 162 valence electrons. The zero-order valence-corrected chi connectivity index (χ0v) is 18.3. The van der Waals surface area contributed by atoms with Gasteiger partial charge in [-0.25, -0.2) is 4.98 Å². The van der Waals surface area contributed by atoms with Crippen LogP contribution < -0.4 is 5.32 Å². The number of aromatic amines is 2. The normalized spacial score (nSPS) is 11.6.